The fourth-order valence-corrected chi connectivity index (χ4v) is 10.3. The van der Waals surface area contributed by atoms with Crippen molar-refractivity contribution >= 4 is 94.6 Å². The normalized spacial score (nSPS) is 11.8. The summed E-state index contributed by atoms with van der Waals surface area (Å²) in [4.78, 5) is 2.39. The number of para-hydroxylation sites is 3. The Hall–Kier alpha value is -6.32. The Morgan fingerprint density at radius 1 is 0.423 bits per heavy atom. The molecule has 0 aliphatic heterocycles. The van der Waals surface area contributed by atoms with Crippen LogP contribution in [-0.4, -0.2) is 19.1 Å². The molecule has 0 unspecified atom stereocenters. The minimum absolute atomic E-state index is 0.363. The fourth-order valence-electron chi connectivity index (χ4n) is 8.03. The third kappa shape index (κ3) is 4.52. The molecule has 0 aliphatic rings. The minimum Gasteiger partial charge on any atom is -0.0602 e. The Balaban J connectivity index is 1.12. The summed E-state index contributed by atoms with van der Waals surface area (Å²) in [5.74, 6) is 0. The van der Waals surface area contributed by atoms with Crippen LogP contribution in [0.15, 0.2) is 186 Å². The zero-order valence-corrected chi connectivity index (χ0v) is 29.7. The van der Waals surface area contributed by atoms with E-state index >= 15 is 0 Å². The summed E-state index contributed by atoms with van der Waals surface area (Å²) in [5.41, 5.74) is 11.0. The summed E-state index contributed by atoms with van der Waals surface area (Å²) < 4.78 is 11.7. The monoisotopic (exact) mass is 730 g/mol. The van der Waals surface area contributed by atoms with Gasteiger partial charge in [-0.2, -0.15) is 0 Å². The van der Waals surface area contributed by atoms with Gasteiger partial charge in [-0.05, 0) is 30.3 Å². The first-order chi connectivity index (χ1) is 25.8. The maximum absolute atomic E-state index is 6.40. The molecule has 0 fully saturated rings. The Bertz CT molecular complexity index is 3130. The molecule has 0 aliphatic carbocycles. The van der Waals surface area contributed by atoms with Gasteiger partial charge in [-0.1, -0.05) is 54.6 Å². The van der Waals surface area contributed by atoms with Crippen LogP contribution in [-0.2, 0) is 0 Å². The van der Waals surface area contributed by atoms with E-state index in [2.05, 4.69) is 185 Å². The summed E-state index contributed by atoms with van der Waals surface area (Å²) in [6.07, 6.45) is 0. The molecule has 52 heavy (non-hydrogen) atoms. The van der Waals surface area contributed by atoms with Gasteiger partial charge in [0.2, 0.25) is 0 Å². The van der Waals surface area contributed by atoms with Crippen molar-refractivity contribution in [3.05, 3.63) is 182 Å². The van der Waals surface area contributed by atoms with E-state index in [0.717, 1.165) is 44.7 Å². The molecule has 11 aromatic rings. The van der Waals surface area contributed by atoms with Gasteiger partial charge >= 0.3 is 186 Å². The molecule has 0 amide bonds. The molecule has 0 atom stereocenters. The van der Waals surface area contributed by atoms with Crippen LogP contribution in [0, 0.1) is 0 Å². The van der Waals surface area contributed by atoms with Crippen molar-refractivity contribution in [3.8, 4) is 16.8 Å². The van der Waals surface area contributed by atoms with Gasteiger partial charge in [-0.3, -0.25) is 0 Å². The summed E-state index contributed by atoms with van der Waals surface area (Å²) in [7, 11) is 0. The molecule has 0 saturated carbocycles. The van der Waals surface area contributed by atoms with Crippen LogP contribution < -0.4 is 4.90 Å². The van der Waals surface area contributed by atoms with Crippen molar-refractivity contribution in [1.29, 1.82) is 0 Å². The Morgan fingerprint density at radius 3 is 1.98 bits per heavy atom. The second-order valence-electron chi connectivity index (χ2n) is 13.3. The predicted octanol–water partition coefficient (Wildman–Crippen LogP) is 13.2. The van der Waals surface area contributed by atoms with Crippen molar-refractivity contribution in [1.82, 2.24) is 4.57 Å². The van der Waals surface area contributed by atoms with Gasteiger partial charge in [0.25, 0.3) is 0 Å². The molecule has 11 rings (SSSR count). The van der Waals surface area contributed by atoms with E-state index in [9.17, 15) is 0 Å². The molecule has 0 radical (unpaired) electrons. The first-order valence-electron chi connectivity index (χ1n) is 17.6. The number of hydrogen-bond donors (Lipinski definition) is 0. The molecule has 8 aromatic carbocycles. The average molecular weight is 730 g/mol. The number of rotatable bonds is 5. The molecule has 244 valence electrons. The molecule has 3 aromatic heterocycles. The van der Waals surface area contributed by atoms with E-state index in [4.69, 9.17) is 4.42 Å². The molecule has 0 N–H and O–H groups in total. The van der Waals surface area contributed by atoms with Crippen LogP contribution in [0.2, 0.25) is 0 Å². The third-order valence-corrected chi connectivity index (χ3v) is 12.8. The number of benzene rings is 8. The Kier molecular flexibility index (Phi) is 6.57. The number of anilines is 3. The first kappa shape index (κ1) is 29.4. The van der Waals surface area contributed by atoms with Gasteiger partial charge in [0, 0.05) is 11.1 Å². The van der Waals surface area contributed by atoms with Crippen LogP contribution in [0.25, 0.3) is 79.9 Å². The quantitative estimate of drug-likeness (QED) is 0.165. The Morgan fingerprint density at radius 2 is 1.10 bits per heavy atom. The van der Waals surface area contributed by atoms with Crippen LogP contribution in [0.4, 0.5) is 17.1 Å². The summed E-state index contributed by atoms with van der Waals surface area (Å²) in [5, 5.41) is 7.41. The topological polar surface area (TPSA) is 21.3 Å². The van der Waals surface area contributed by atoms with Crippen molar-refractivity contribution in [2.24, 2.45) is 0 Å². The van der Waals surface area contributed by atoms with E-state index in [1.54, 1.807) is 0 Å². The smallest absolute Gasteiger partial charge is 0.0602 e. The summed E-state index contributed by atoms with van der Waals surface area (Å²) in [6.45, 7) is 0. The van der Waals surface area contributed by atoms with E-state index in [1.165, 1.54) is 52.2 Å². The van der Waals surface area contributed by atoms with Gasteiger partial charge < -0.3 is 8.98 Å². The molecule has 3 heterocycles. The van der Waals surface area contributed by atoms with E-state index in [-0.39, 0.29) is 0 Å². The van der Waals surface area contributed by atoms with Gasteiger partial charge in [0.1, 0.15) is 5.58 Å². The van der Waals surface area contributed by atoms with Crippen molar-refractivity contribution < 1.29 is 4.42 Å². The number of hydrogen-bond acceptors (Lipinski definition) is 2. The van der Waals surface area contributed by atoms with Crippen molar-refractivity contribution in [2.75, 3.05) is 4.90 Å². The van der Waals surface area contributed by atoms with Gasteiger partial charge in [0.05, 0.1) is 11.0 Å². The predicted molar refractivity (Wildman–Crippen MR) is 220 cm³/mol. The van der Waals surface area contributed by atoms with Crippen LogP contribution >= 0.6 is 0 Å². The summed E-state index contributed by atoms with van der Waals surface area (Å²) >= 11 is 0.363. The van der Waals surface area contributed by atoms with Crippen LogP contribution in [0.3, 0.4) is 0 Å². The second kappa shape index (κ2) is 11.6. The Labute approximate surface area is 305 Å². The van der Waals surface area contributed by atoms with Crippen molar-refractivity contribution in [3.63, 3.8) is 0 Å². The van der Waals surface area contributed by atoms with E-state index < -0.39 is 0 Å². The maximum atomic E-state index is 6.40. The third-order valence-electron chi connectivity index (χ3n) is 10.4. The standard InChI is InChI=1S/C48H30N2OSe/c1-2-11-33(12-3-1)50-41-16-7-4-13-36(41)39-30-35(26-27-42(39)50)49(43-17-10-19-45-48(43)38-15-5-8-18-44(38)51-45)34-24-21-31(22-25-34)32-23-28-47-40(29-32)37-14-6-9-20-46(37)52-47/h1-30H. The van der Waals surface area contributed by atoms with E-state index in [0.29, 0.717) is 14.5 Å². The second-order valence-corrected chi connectivity index (χ2v) is 15.6. The molecular formula is C48H30N2OSe. The summed E-state index contributed by atoms with van der Waals surface area (Å²) in [6, 6.07) is 65.9. The molecular weight excluding hydrogens is 700 g/mol. The van der Waals surface area contributed by atoms with Crippen molar-refractivity contribution in [2.45, 2.75) is 0 Å². The zero-order valence-electron chi connectivity index (χ0n) is 28.0. The minimum atomic E-state index is 0.363. The van der Waals surface area contributed by atoms with E-state index in [1.807, 2.05) is 6.07 Å². The SMILES string of the molecule is c1ccc(-n2c3ccccc3c3cc(N(c4ccc(-c5ccc6[se]c7ccccc7c6c5)cc4)c4cccc5oc6ccccc6c45)ccc32)cc1. The number of furan rings is 1. The molecule has 0 bridgehead atoms. The molecule has 3 nitrogen and oxygen atoms in total. The molecule has 4 heteroatoms. The number of aromatic nitrogens is 1. The van der Waals surface area contributed by atoms with Gasteiger partial charge in [0.15, 0.2) is 0 Å². The zero-order chi connectivity index (χ0) is 34.2. The van der Waals surface area contributed by atoms with Gasteiger partial charge in [-0.15, -0.1) is 0 Å². The van der Waals surface area contributed by atoms with Gasteiger partial charge in [-0.25, -0.2) is 0 Å². The molecule has 0 saturated heterocycles. The van der Waals surface area contributed by atoms with Crippen LogP contribution in [0.5, 0.6) is 0 Å². The first-order valence-corrected chi connectivity index (χ1v) is 19.3. The average Bonchev–Trinajstić information content (AvgIpc) is 3.88. The number of fused-ring (bicyclic) bond motifs is 9. The van der Waals surface area contributed by atoms with Crippen LogP contribution in [0.1, 0.15) is 0 Å². The molecule has 0 spiro atoms. The fraction of sp³-hybridized carbons (Fsp3) is 0. The number of nitrogens with zero attached hydrogens (tertiary/aromatic N) is 2.